The highest BCUT2D eigenvalue weighted by Gasteiger charge is 2.51. The number of methoxy groups -OCH3 is 1. The van der Waals surface area contributed by atoms with Crippen LogP contribution in [0.25, 0.3) is 0 Å². The zero-order chi connectivity index (χ0) is 17.5. The topological polar surface area (TPSA) is 71.8 Å². The van der Waals surface area contributed by atoms with Gasteiger partial charge in [-0.25, -0.2) is 9.18 Å². The van der Waals surface area contributed by atoms with Crippen LogP contribution in [0.2, 0.25) is 0 Å². The predicted molar refractivity (Wildman–Crippen MR) is 82.8 cm³/mol. The molecule has 1 fully saturated rings. The molecule has 3 rings (SSSR count). The van der Waals surface area contributed by atoms with Gasteiger partial charge in [-0.05, 0) is 43.7 Å². The van der Waals surface area contributed by atoms with Gasteiger partial charge in [0, 0.05) is 0 Å². The molecular formula is C17H17FN2O4. The predicted octanol–water partition coefficient (Wildman–Crippen LogP) is 2.70. The first-order valence-electron chi connectivity index (χ1n) is 7.38. The summed E-state index contributed by atoms with van der Waals surface area (Å²) in [7, 11) is 1.37. The molecule has 3 amide bonds. The number of ether oxygens (including phenoxy) is 1. The molecule has 1 atom stereocenters. The Morgan fingerprint density at radius 3 is 2.62 bits per heavy atom. The number of amides is 3. The molecule has 1 aromatic heterocycles. The van der Waals surface area contributed by atoms with Crippen LogP contribution in [-0.4, -0.2) is 23.9 Å². The van der Waals surface area contributed by atoms with Crippen molar-refractivity contribution in [3.63, 3.8) is 0 Å². The monoisotopic (exact) mass is 332 g/mol. The number of nitrogens with one attached hydrogen (secondary N) is 1. The van der Waals surface area contributed by atoms with Crippen LogP contribution in [0.15, 0.2) is 34.7 Å². The highest BCUT2D eigenvalue weighted by molar-refractivity contribution is 6.06. The van der Waals surface area contributed by atoms with E-state index < -0.39 is 23.3 Å². The number of nitrogens with zero attached hydrogens (tertiary/aromatic N) is 1. The Balaban J connectivity index is 1.86. The van der Waals surface area contributed by atoms with Crippen molar-refractivity contribution in [1.29, 1.82) is 0 Å². The quantitative estimate of drug-likeness (QED) is 0.874. The maximum absolute atomic E-state index is 13.8. The first-order valence-corrected chi connectivity index (χ1v) is 7.38. The Morgan fingerprint density at radius 2 is 2.04 bits per heavy atom. The van der Waals surface area contributed by atoms with Crippen molar-refractivity contribution < 1.29 is 23.1 Å². The van der Waals surface area contributed by atoms with Crippen LogP contribution >= 0.6 is 0 Å². The van der Waals surface area contributed by atoms with E-state index in [-0.39, 0.29) is 12.3 Å². The SMILES string of the molecule is COc1ccc(CN2C(=O)NC(C)(c3ccc(C)o3)C2=O)cc1F. The molecule has 2 heterocycles. The summed E-state index contributed by atoms with van der Waals surface area (Å²) in [5.74, 6) is 0.113. The zero-order valence-corrected chi connectivity index (χ0v) is 13.6. The summed E-state index contributed by atoms with van der Waals surface area (Å²) in [6.07, 6.45) is 0. The summed E-state index contributed by atoms with van der Waals surface area (Å²) < 4.78 is 24.2. The number of halogens is 1. The van der Waals surface area contributed by atoms with Crippen LogP contribution in [0.5, 0.6) is 5.75 Å². The largest absolute Gasteiger partial charge is 0.494 e. The Labute approximate surface area is 138 Å². The third kappa shape index (κ3) is 2.51. The van der Waals surface area contributed by atoms with Gasteiger partial charge in [0.2, 0.25) is 0 Å². The molecule has 1 aliphatic heterocycles. The molecule has 1 saturated heterocycles. The number of benzene rings is 1. The fourth-order valence-corrected chi connectivity index (χ4v) is 2.70. The number of furan rings is 1. The van der Waals surface area contributed by atoms with E-state index in [1.165, 1.54) is 19.2 Å². The highest BCUT2D eigenvalue weighted by Crippen LogP contribution is 2.31. The Kier molecular flexibility index (Phi) is 3.79. The lowest BCUT2D eigenvalue weighted by atomic mass is 9.99. The molecule has 24 heavy (non-hydrogen) atoms. The van der Waals surface area contributed by atoms with E-state index in [1.807, 2.05) is 0 Å². The summed E-state index contributed by atoms with van der Waals surface area (Å²) in [5.41, 5.74) is -0.784. The van der Waals surface area contributed by atoms with Crippen molar-refractivity contribution in [2.75, 3.05) is 7.11 Å². The van der Waals surface area contributed by atoms with Crippen molar-refractivity contribution >= 4 is 11.9 Å². The Bertz CT molecular complexity index is 817. The number of rotatable bonds is 4. The number of imide groups is 1. The lowest BCUT2D eigenvalue weighted by Gasteiger charge is -2.19. The van der Waals surface area contributed by atoms with E-state index >= 15 is 0 Å². The molecule has 1 unspecified atom stereocenters. The maximum atomic E-state index is 13.8. The molecule has 1 N–H and O–H groups in total. The van der Waals surface area contributed by atoms with Crippen LogP contribution in [0.4, 0.5) is 9.18 Å². The van der Waals surface area contributed by atoms with Crippen molar-refractivity contribution in [3.8, 4) is 5.75 Å². The molecule has 126 valence electrons. The number of carbonyl (C=O) groups excluding carboxylic acids is 2. The van der Waals surface area contributed by atoms with Crippen LogP contribution in [-0.2, 0) is 16.9 Å². The third-order valence-corrected chi connectivity index (χ3v) is 4.07. The average molecular weight is 332 g/mol. The second kappa shape index (κ2) is 5.67. The first kappa shape index (κ1) is 16.0. The maximum Gasteiger partial charge on any atom is 0.325 e. The summed E-state index contributed by atoms with van der Waals surface area (Å²) in [6.45, 7) is 3.30. The van der Waals surface area contributed by atoms with E-state index in [0.29, 0.717) is 17.1 Å². The Morgan fingerprint density at radius 1 is 1.29 bits per heavy atom. The van der Waals surface area contributed by atoms with Crippen LogP contribution < -0.4 is 10.1 Å². The molecule has 2 aromatic rings. The van der Waals surface area contributed by atoms with Crippen molar-refractivity contribution in [2.24, 2.45) is 0 Å². The summed E-state index contributed by atoms with van der Waals surface area (Å²) in [6, 6.07) is 7.14. The molecule has 0 aliphatic carbocycles. The summed E-state index contributed by atoms with van der Waals surface area (Å²) in [4.78, 5) is 26.0. The molecule has 6 nitrogen and oxygen atoms in total. The van der Waals surface area contributed by atoms with E-state index in [1.54, 1.807) is 32.0 Å². The van der Waals surface area contributed by atoms with Gasteiger partial charge in [-0.3, -0.25) is 9.69 Å². The normalized spacial score (nSPS) is 20.4. The molecule has 7 heteroatoms. The first-order chi connectivity index (χ1) is 11.3. The third-order valence-electron chi connectivity index (χ3n) is 4.07. The second-order valence-corrected chi connectivity index (χ2v) is 5.83. The van der Waals surface area contributed by atoms with Gasteiger partial charge >= 0.3 is 6.03 Å². The summed E-state index contributed by atoms with van der Waals surface area (Å²) in [5, 5.41) is 2.64. The molecule has 1 aliphatic rings. The van der Waals surface area contributed by atoms with E-state index in [4.69, 9.17) is 9.15 Å². The van der Waals surface area contributed by atoms with Gasteiger partial charge in [0.05, 0.1) is 13.7 Å². The van der Waals surface area contributed by atoms with Crippen LogP contribution in [0.3, 0.4) is 0 Å². The van der Waals surface area contributed by atoms with Crippen molar-refractivity contribution in [1.82, 2.24) is 10.2 Å². The molecule has 1 aromatic carbocycles. The van der Waals surface area contributed by atoms with Gasteiger partial charge < -0.3 is 14.5 Å². The molecule has 0 spiro atoms. The van der Waals surface area contributed by atoms with E-state index in [0.717, 1.165) is 4.90 Å². The fraction of sp³-hybridized carbons (Fsp3) is 0.294. The van der Waals surface area contributed by atoms with E-state index in [9.17, 15) is 14.0 Å². The highest BCUT2D eigenvalue weighted by atomic mass is 19.1. The van der Waals surface area contributed by atoms with Gasteiger partial charge in [-0.2, -0.15) is 0 Å². The van der Waals surface area contributed by atoms with Crippen LogP contribution in [0, 0.1) is 12.7 Å². The minimum Gasteiger partial charge on any atom is -0.494 e. The molecular weight excluding hydrogens is 315 g/mol. The molecule has 0 bridgehead atoms. The number of carbonyl (C=O) groups is 2. The lowest BCUT2D eigenvalue weighted by molar-refractivity contribution is -0.132. The standard InChI is InChI=1S/C17H17FN2O4/c1-10-4-7-14(24-10)17(2)15(21)20(16(22)19-17)9-11-5-6-13(23-3)12(18)8-11/h4-8H,9H2,1-3H3,(H,19,22). The van der Waals surface area contributed by atoms with Gasteiger partial charge in [-0.15, -0.1) is 0 Å². The Hall–Kier alpha value is -2.83. The van der Waals surface area contributed by atoms with Crippen LogP contribution in [0.1, 0.15) is 24.0 Å². The van der Waals surface area contributed by atoms with Gasteiger partial charge in [0.25, 0.3) is 5.91 Å². The number of hydrogen-bond acceptors (Lipinski definition) is 4. The molecule has 0 saturated carbocycles. The molecule has 0 radical (unpaired) electrons. The van der Waals surface area contributed by atoms with Gasteiger partial charge in [0.15, 0.2) is 17.1 Å². The van der Waals surface area contributed by atoms with E-state index in [2.05, 4.69) is 5.32 Å². The minimum atomic E-state index is -1.27. The smallest absolute Gasteiger partial charge is 0.325 e. The van der Waals surface area contributed by atoms with Gasteiger partial charge in [0.1, 0.15) is 11.5 Å². The fourth-order valence-electron chi connectivity index (χ4n) is 2.70. The lowest BCUT2D eigenvalue weighted by Crippen LogP contribution is -2.40. The van der Waals surface area contributed by atoms with Crippen molar-refractivity contribution in [2.45, 2.75) is 25.9 Å². The zero-order valence-electron chi connectivity index (χ0n) is 13.6. The number of hydrogen-bond donors (Lipinski definition) is 1. The second-order valence-electron chi connectivity index (χ2n) is 5.83. The average Bonchev–Trinajstić information content (AvgIpc) is 3.06. The van der Waals surface area contributed by atoms with Crippen molar-refractivity contribution in [3.05, 3.63) is 53.2 Å². The summed E-state index contributed by atoms with van der Waals surface area (Å²) >= 11 is 0. The van der Waals surface area contributed by atoms with Gasteiger partial charge in [-0.1, -0.05) is 6.07 Å². The number of urea groups is 1. The number of aryl methyl sites for hydroxylation is 1. The minimum absolute atomic E-state index is 0.0408.